The Labute approximate surface area is 245 Å². The second kappa shape index (κ2) is 13.3. The number of amides is 2. The van der Waals surface area contributed by atoms with Crippen molar-refractivity contribution < 1.29 is 40.6 Å². The van der Waals surface area contributed by atoms with Gasteiger partial charge in [-0.1, -0.05) is 6.92 Å². The number of carbonyl (C=O) groups excluding carboxylic acids is 2. The molecule has 0 radical (unpaired) electrons. The first-order valence-corrected chi connectivity index (χ1v) is 16.6. The number of benzene rings is 2. The second-order valence-electron chi connectivity index (χ2n) is 9.13. The maximum absolute atomic E-state index is 14.3. The molecule has 15 heteroatoms. The van der Waals surface area contributed by atoms with Crippen LogP contribution in [0.4, 0.5) is 16.2 Å². The summed E-state index contributed by atoms with van der Waals surface area (Å²) in [5, 5.41) is 11.9. The monoisotopic (exact) mass is 622 g/mol. The Morgan fingerprint density at radius 2 is 1.64 bits per heavy atom. The van der Waals surface area contributed by atoms with Crippen LogP contribution in [-0.4, -0.2) is 66.7 Å². The molecule has 3 rings (SSSR count). The molecule has 0 spiro atoms. The van der Waals surface area contributed by atoms with Crippen LogP contribution in [0.3, 0.4) is 0 Å². The lowest BCUT2D eigenvalue weighted by Gasteiger charge is -2.38. The number of hydrogen-bond acceptors (Lipinski definition) is 10. The van der Waals surface area contributed by atoms with Gasteiger partial charge in [0.1, 0.15) is 0 Å². The van der Waals surface area contributed by atoms with Crippen LogP contribution in [0.1, 0.15) is 45.2 Å². The molecule has 13 nitrogen and oxygen atoms in total. The number of hydrogen-bond donors (Lipinski definition) is 2. The molecule has 0 bridgehead atoms. The van der Waals surface area contributed by atoms with E-state index in [-0.39, 0.29) is 66.0 Å². The fourth-order valence-corrected chi connectivity index (χ4v) is 7.77. The van der Waals surface area contributed by atoms with E-state index in [9.17, 15) is 31.7 Å². The number of nitrogens with one attached hydrogen (secondary N) is 2. The van der Waals surface area contributed by atoms with Crippen molar-refractivity contribution in [3.05, 3.63) is 47.5 Å². The molecule has 0 aromatic heterocycles. The lowest BCUT2D eigenvalue weighted by atomic mass is 10.0. The molecule has 1 heterocycles. The van der Waals surface area contributed by atoms with Gasteiger partial charge in [-0.3, -0.25) is 14.4 Å². The first-order valence-electron chi connectivity index (χ1n) is 13.3. The lowest BCUT2D eigenvalue weighted by Crippen LogP contribution is -2.52. The third-order valence-electron chi connectivity index (χ3n) is 6.27. The van der Waals surface area contributed by atoms with E-state index in [4.69, 9.17) is 14.2 Å². The van der Waals surface area contributed by atoms with Crippen molar-refractivity contribution in [2.24, 2.45) is 0 Å². The zero-order valence-electron chi connectivity index (χ0n) is 23.8. The van der Waals surface area contributed by atoms with Gasteiger partial charge in [0.2, 0.25) is 10.0 Å². The van der Waals surface area contributed by atoms with Gasteiger partial charge in [0, 0.05) is 17.3 Å². The van der Waals surface area contributed by atoms with E-state index in [0.29, 0.717) is 0 Å². The topological polar surface area (TPSA) is 181 Å². The highest BCUT2D eigenvalue weighted by Crippen LogP contribution is 2.48. The number of rotatable bonds is 14. The number of sulfone groups is 1. The van der Waals surface area contributed by atoms with Crippen LogP contribution in [0.25, 0.3) is 0 Å². The summed E-state index contributed by atoms with van der Waals surface area (Å²) in [5.41, 5.74) is 0.0716. The smallest absolute Gasteiger partial charge is 0.323 e. The van der Waals surface area contributed by atoms with Crippen LogP contribution >= 0.6 is 0 Å². The highest BCUT2D eigenvalue weighted by molar-refractivity contribution is 7.93. The van der Waals surface area contributed by atoms with Gasteiger partial charge in [-0.25, -0.2) is 21.6 Å². The minimum atomic E-state index is -4.43. The Hall–Kier alpha value is -4.03. The van der Waals surface area contributed by atoms with Gasteiger partial charge in [-0.2, -0.15) is 5.26 Å². The molecule has 228 valence electrons. The van der Waals surface area contributed by atoms with Crippen molar-refractivity contribution >= 4 is 43.2 Å². The van der Waals surface area contributed by atoms with Gasteiger partial charge in [0.05, 0.1) is 49.4 Å². The van der Waals surface area contributed by atoms with Gasteiger partial charge in [-0.15, -0.1) is 0 Å². The SMILES string of the molecule is CCCS(=O)(=O)[C@]1(c2cc(OCC)c(OCC)cc2NS(=O)(=O)CC(=O)OCC)CNC(=O)N1c1ccc(C#N)cc1. The summed E-state index contributed by atoms with van der Waals surface area (Å²) < 4.78 is 73.3. The van der Waals surface area contributed by atoms with Crippen molar-refractivity contribution in [2.45, 2.75) is 39.0 Å². The summed E-state index contributed by atoms with van der Waals surface area (Å²) in [6.07, 6.45) is 0.193. The number of nitriles is 1. The molecule has 2 aromatic rings. The van der Waals surface area contributed by atoms with Crippen molar-refractivity contribution in [1.82, 2.24) is 5.32 Å². The van der Waals surface area contributed by atoms with E-state index in [0.717, 1.165) is 4.90 Å². The second-order valence-corrected chi connectivity index (χ2v) is 13.2. The minimum Gasteiger partial charge on any atom is -0.490 e. The molecule has 1 fully saturated rings. The number of carbonyl (C=O) groups is 2. The van der Waals surface area contributed by atoms with E-state index in [1.165, 1.54) is 43.3 Å². The zero-order chi connectivity index (χ0) is 31.1. The van der Waals surface area contributed by atoms with Gasteiger partial charge in [0.15, 0.2) is 32.0 Å². The van der Waals surface area contributed by atoms with E-state index in [1.54, 1.807) is 20.8 Å². The molecule has 0 aliphatic carbocycles. The fraction of sp³-hybridized carbons (Fsp3) is 0.444. The molecule has 1 aliphatic rings. The summed E-state index contributed by atoms with van der Waals surface area (Å²) in [7, 11) is -8.71. The van der Waals surface area contributed by atoms with Gasteiger partial charge >= 0.3 is 12.0 Å². The Bertz CT molecular complexity index is 1570. The molecule has 2 aromatic carbocycles. The normalized spacial score (nSPS) is 16.8. The predicted molar refractivity (Wildman–Crippen MR) is 156 cm³/mol. The van der Waals surface area contributed by atoms with Crippen molar-refractivity contribution in [1.29, 1.82) is 5.26 Å². The number of anilines is 2. The average Bonchev–Trinajstić information content (AvgIpc) is 3.28. The number of esters is 1. The molecular weight excluding hydrogens is 588 g/mol. The van der Waals surface area contributed by atoms with Gasteiger partial charge < -0.3 is 19.5 Å². The Morgan fingerprint density at radius 3 is 2.19 bits per heavy atom. The zero-order valence-corrected chi connectivity index (χ0v) is 25.4. The predicted octanol–water partition coefficient (Wildman–Crippen LogP) is 2.87. The maximum atomic E-state index is 14.3. The van der Waals surface area contributed by atoms with E-state index in [1.807, 2.05) is 6.07 Å². The molecular formula is C27H34N4O9S2. The number of sulfonamides is 1. The van der Waals surface area contributed by atoms with Gasteiger partial charge in [-0.05, 0) is 57.5 Å². The molecule has 2 N–H and O–H groups in total. The molecule has 2 amide bonds. The molecule has 1 saturated heterocycles. The summed E-state index contributed by atoms with van der Waals surface area (Å²) in [6, 6.07) is 9.56. The number of nitrogens with zero attached hydrogens (tertiary/aromatic N) is 2. The van der Waals surface area contributed by atoms with Crippen LogP contribution in [-0.2, 0) is 34.3 Å². The average molecular weight is 623 g/mol. The summed E-state index contributed by atoms with van der Waals surface area (Å²) >= 11 is 0. The van der Waals surface area contributed by atoms with Crippen molar-refractivity contribution in [2.75, 3.05) is 47.5 Å². The standard InChI is InChI=1S/C27H34N4O9S2/c1-5-13-41(34,35)27(18-29-26(33)31(27)20-11-9-19(16-28)10-12-20)21-14-23(38-6-2)24(39-7-3)15-22(21)30-42(36,37)17-25(32)40-8-4/h9-12,14-15,30H,5-8,13,17-18H2,1-4H3,(H,29,33)/t27-/m0/s1. The third kappa shape index (κ3) is 6.55. The fourth-order valence-electron chi connectivity index (χ4n) is 4.66. The van der Waals surface area contributed by atoms with E-state index in [2.05, 4.69) is 10.0 Å². The highest BCUT2D eigenvalue weighted by atomic mass is 32.2. The number of ether oxygens (including phenoxy) is 3. The molecule has 1 atom stereocenters. The molecule has 0 saturated carbocycles. The van der Waals surface area contributed by atoms with Crippen LogP contribution < -0.4 is 24.4 Å². The van der Waals surface area contributed by atoms with Crippen LogP contribution in [0.15, 0.2) is 36.4 Å². The maximum Gasteiger partial charge on any atom is 0.323 e. The van der Waals surface area contributed by atoms with Crippen LogP contribution in [0.5, 0.6) is 11.5 Å². The number of urea groups is 1. The minimum absolute atomic E-state index is 0.0388. The van der Waals surface area contributed by atoms with E-state index >= 15 is 0 Å². The first kappa shape index (κ1) is 32.5. The Kier molecular flexibility index (Phi) is 10.3. The molecule has 0 unspecified atom stereocenters. The van der Waals surface area contributed by atoms with Crippen molar-refractivity contribution in [3.8, 4) is 17.6 Å². The highest BCUT2D eigenvalue weighted by Gasteiger charge is 2.58. The van der Waals surface area contributed by atoms with Crippen molar-refractivity contribution in [3.63, 3.8) is 0 Å². The largest absolute Gasteiger partial charge is 0.490 e. The third-order valence-corrected chi connectivity index (χ3v) is 9.94. The molecule has 1 aliphatic heterocycles. The summed E-state index contributed by atoms with van der Waals surface area (Å²) in [5.74, 6) is -2.17. The summed E-state index contributed by atoms with van der Waals surface area (Å²) in [6.45, 7) is 6.45. The van der Waals surface area contributed by atoms with Gasteiger partial charge in [0.25, 0.3) is 0 Å². The quantitative estimate of drug-likeness (QED) is 0.297. The van der Waals surface area contributed by atoms with Crippen LogP contribution in [0.2, 0.25) is 0 Å². The van der Waals surface area contributed by atoms with E-state index < -0.39 is 49.0 Å². The first-order chi connectivity index (χ1) is 19.9. The lowest BCUT2D eigenvalue weighted by molar-refractivity contribution is -0.139. The summed E-state index contributed by atoms with van der Waals surface area (Å²) in [4.78, 5) is 24.3. The Morgan fingerprint density at radius 1 is 1.02 bits per heavy atom. The Balaban J connectivity index is 2.40. The molecule has 42 heavy (non-hydrogen) atoms. The van der Waals surface area contributed by atoms with Crippen LogP contribution in [0, 0.1) is 11.3 Å².